The van der Waals surface area contributed by atoms with Crippen LogP contribution in [0.2, 0.25) is 0 Å². The number of hydrogen-bond acceptors (Lipinski definition) is 8. The average molecular weight is 599 g/mol. The number of carbonyl (C=O) groups is 1. The Kier molecular flexibility index (Phi) is 9.11. The zero-order valence-corrected chi connectivity index (χ0v) is 25.3. The highest BCUT2D eigenvalue weighted by atomic mass is 16.5. The van der Waals surface area contributed by atoms with Gasteiger partial charge in [-0.2, -0.15) is 0 Å². The van der Waals surface area contributed by atoms with Gasteiger partial charge in [-0.1, -0.05) is 79.7 Å². The van der Waals surface area contributed by atoms with Gasteiger partial charge in [-0.3, -0.25) is 4.79 Å². The van der Waals surface area contributed by atoms with Gasteiger partial charge in [0.25, 0.3) is 0 Å². The van der Waals surface area contributed by atoms with Crippen LogP contribution in [0.15, 0.2) is 118 Å². The molecule has 0 aliphatic rings. The van der Waals surface area contributed by atoms with Crippen molar-refractivity contribution in [2.75, 3.05) is 11.9 Å². The maximum absolute atomic E-state index is 13.4. The van der Waals surface area contributed by atoms with E-state index in [0.717, 1.165) is 34.0 Å². The predicted molar refractivity (Wildman–Crippen MR) is 172 cm³/mol. The predicted octanol–water partition coefficient (Wildman–Crippen LogP) is 7.84. The number of para-hydroxylation sites is 1. The maximum atomic E-state index is 13.4. The van der Waals surface area contributed by atoms with Gasteiger partial charge < -0.3 is 18.9 Å². The standard InChI is InChI=1S/C37H34N4O4/c1-3-34-40-41-35(45-34)24-33(38-32-17-11-10-16-30(32)36(42)27-12-6-4-7-13-27)26-18-20-29(21-19-26)43-23-22-31-25(2)44-37(39-31)28-14-8-5-9-15-28/h4-21,33,38H,3,22-24H2,1-2H3/t33-/m0/s1. The van der Waals surface area contributed by atoms with Gasteiger partial charge in [0, 0.05) is 35.2 Å². The zero-order valence-electron chi connectivity index (χ0n) is 25.3. The summed E-state index contributed by atoms with van der Waals surface area (Å²) < 4.78 is 17.8. The molecule has 8 nitrogen and oxygen atoms in total. The first-order chi connectivity index (χ1) is 22.1. The largest absolute Gasteiger partial charge is 0.493 e. The molecule has 2 aromatic heterocycles. The van der Waals surface area contributed by atoms with Crippen LogP contribution in [-0.4, -0.2) is 27.6 Å². The van der Waals surface area contributed by atoms with Crippen molar-refractivity contribution in [1.82, 2.24) is 15.2 Å². The molecule has 0 aliphatic heterocycles. The van der Waals surface area contributed by atoms with Crippen LogP contribution in [0.4, 0.5) is 5.69 Å². The molecule has 0 amide bonds. The van der Waals surface area contributed by atoms with Crippen LogP contribution in [0, 0.1) is 6.92 Å². The Hall–Kier alpha value is -5.50. The second kappa shape index (κ2) is 13.9. The number of carbonyl (C=O) groups excluding carboxylic acids is 1. The quantitative estimate of drug-likeness (QED) is 0.134. The third-order valence-electron chi connectivity index (χ3n) is 7.53. The van der Waals surface area contributed by atoms with Gasteiger partial charge in [-0.15, -0.1) is 10.2 Å². The van der Waals surface area contributed by atoms with E-state index in [0.29, 0.717) is 54.7 Å². The molecule has 226 valence electrons. The molecule has 4 aromatic carbocycles. The van der Waals surface area contributed by atoms with Crippen LogP contribution in [0.1, 0.15) is 57.7 Å². The number of ketones is 1. The number of anilines is 1. The molecule has 0 bridgehead atoms. The van der Waals surface area contributed by atoms with Crippen LogP contribution in [0.25, 0.3) is 11.5 Å². The highest BCUT2D eigenvalue weighted by molar-refractivity contribution is 6.12. The molecule has 0 saturated carbocycles. The van der Waals surface area contributed by atoms with E-state index in [-0.39, 0.29) is 11.8 Å². The fraction of sp³-hybridized carbons (Fsp3) is 0.189. The molecule has 1 atom stereocenters. The molecule has 2 heterocycles. The lowest BCUT2D eigenvalue weighted by molar-refractivity contribution is 0.103. The second-order valence-corrected chi connectivity index (χ2v) is 10.6. The molecule has 1 N–H and O–H groups in total. The van der Waals surface area contributed by atoms with Crippen molar-refractivity contribution in [1.29, 1.82) is 0 Å². The van der Waals surface area contributed by atoms with Crippen LogP contribution in [0.5, 0.6) is 5.75 Å². The first kappa shape index (κ1) is 29.6. The van der Waals surface area contributed by atoms with Crippen molar-refractivity contribution in [3.8, 4) is 17.2 Å². The second-order valence-electron chi connectivity index (χ2n) is 10.6. The van der Waals surface area contributed by atoms with Crippen LogP contribution < -0.4 is 10.1 Å². The van der Waals surface area contributed by atoms with Gasteiger partial charge in [0.15, 0.2) is 5.78 Å². The number of nitrogens with one attached hydrogen (secondary N) is 1. The topological polar surface area (TPSA) is 103 Å². The van der Waals surface area contributed by atoms with Crippen LogP contribution >= 0.6 is 0 Å². The van der Waals surface area contributed by atoms with Crippen molar-refractivity contribution < 1.29 is 18.4 Å². The smallest absolute Gasteiger partial charge is 0.226 e. The molecular weight excluding hydrogens is 564 g/mol. The molecule has 6 aromatic rings. The molecule has 45 heavy (non-hydrogen) atoms. The van der Waals surface area contributed by atoms with Crippen molar-refractivity contribution >= 4 is 11.5 Å². The Morgan fingerprint density at radius 2 is 1.51 bits per heavy atom. The zero-order chi connectivity index (χ0) is 31.0. The highest BCUT2D eigenvalue weighted by Crippen LogP contribution is 2.29. The molecule has 0 saturated heterocycles. The van der Waals surface area contributed by atoms with Gasteiger partial charge >= 0.3 is 0 Å². The number of aromatic nitrogens is 3. The molecule has 0 aliphatic carbocycles. The summed E-state index contributed by atoms with van der Waals surface area (Å²) in [7, 11) is 0. The first-order valence-corrected chi connectivity index (χ1v) is 15.1. The van der Waals surface area contributed by atoms with Crippen molar-refractivity contribution in [3.63, 3.8) is 0 Å². The van der Waals surface area contributed by atoms with E-state index in [1.807, 2.05) is 123 Å². The Morgan fingerprint density at radius 1 is 0.822 bits per heavy atom. The van der Waals surface area contributed by atoms with Gasteiger partial charge in [0.2, 0.25) is 17.7 Å². The summed E-state index contributed by atoms with van der Waals surface area (Å²) in [5.41, 5.74) is 4.76. The summed E-state index contributed by atoms with van der Waals surface area (Å²) in [5, 5.41) is 12.0. The summed E-state index contributed by atoms with van der Waals surface area (Å²) in [6.45, 7) is 4.36. The molecule has 6 rings (SSSR count). The van der Waals surface area contributed by atoms with Gasteiger partial charge in [0.1, 0.15) is 11.5 Å². The van der Waals surface area contributed by atoms with E-state index in [1.165, 1.54) is 0 Å². The normalized spacial score (nSPS) is 11.7. The molecular formula is C37H34N4O4. The minimum atomic E-state index is -0.247. The van der Waals surface area contributed by atoms with Crippen molar-refractivity contribution in [2.45, 2.75) is 39.2 Å². The van der Waals surface area contributed by atoms with E-state index < -0.39 is 0 Å². The summed E-state index contributed by atoms with van der Waals surface area (Å²) in [5.74, 6) is 3.21. The van der Waals surface area contributed by atoms with Gasteiger partial charge in [0.05, 0.1) is 24.8 Å². The minimum Gasteiger partial charge on any atom is -0.493 e. The average Bonchev–Trinajstić information content (AvgIpc) is 3.71. The Balaban J connectivity index is 1.17. The molecule has 0 fully saturated rings. The first-order valence-electron chi connectivity index (χ1n) is 15.1. The van der Waals surface area contributed by atoms with E-state index >= 15 is 0 Å². The summed E-state index contributed by atoms with van der Waals surface area (Å²) in [6.07, 6.45) is 1.72. The van der Waals surface area contributed by atoms with Crippen LogP contribution in [-0.2, 0) is 19.3 Å². The number of nitrogens with zero attached hydrogens (tertiary/aromatic N) is 3. The SMILES string of the molecule is CCc1nnc(C[C@H](Nc2ccccc2C(=O)c2ccccc2)c2ccc(OCCc3nc(-c4ccccc4)oc3C)cc2)o1. The Morgan fingerprint density at radius 3 is 2.24 bits per heavy atom. The lowest BCUT2D eigenvalue weighted by Gasteiger charge is -2.21. The summed E-state index contributed by atoms with van der Waals surface area (Å²) >= 11 is 0. The van der Waals surface area contributed by atoms with Crippen LogP contribution in [0.3, 0.4) is 0 Å². The lowest BCUT2D eigenvalue weighted by atomic mass is 9.99. The lowest BCUT2D eigenvalue weighted by Crippen LogP contribution is -2.16. The number of rotatable bonds is 13. The fourth-order valence-corrected chi connectivity index (χ4v) is 5.11. The van der Waals surface area contributed by atoms with E-state index in [2.05, 4.69) is 20.5 Å². The van der Waals surface area contributed by atoms with Gasteiger partial charge in [-0.05, 0) is 48.9 Å². The molecule has 0 radical (unpaired) electrons. The number of oxazole rings is 1. The highest BCUT2D eigenvalue weighted by Gasteiger charge is 2.20. The van der Waals surface area contributed by atoms with Crippen molar-refractivity contribution in [2.24, 2.45) is 0 Å². The van der Waals surface area contributed by atoms with E-state index in [1.54, 1.807) is 0 Å². The Labute approximate surface area is 262 Å². The monoisotopic (exact) mass is 598 g/mol. The van der Waals surface area contributed by atoms with E-state index in [9.17, 15) is 4.79 Å². The Bertz CT molecular complexity index is 1850. The van der Waals surface area contributed by atoms with Crippen molar-refractivity contribution in [3.05, 3.63) is 149 Å². The maximum Gasteiger partial charge on any atom is 0.226 e. The number of hydrogen-bond donors (Lipinski definition) is 1. The number of aryl methyl sites for hydroxylation is 2. The van der Waals surface area contributed by atoms with E-state index in [4.69, 9.17) is 13.6 Å². The molecule has 8 heteroatoms. The summed E-state index contributed by atoms with van der Waals surface area (Å²) in [6, 6.07) is 34.4. The summed E-state index contributed by atoms with van der Waals surface area (Å²) in [4.78, 5) is 18.1. The molecule has 0 unspecified atom stereocenters. The minimum absolute atomic E-state index is 0.0505. The number of benzene rings is 4. The van der Waals surface area contributed by atoms with Gasteiger partial charge in [-0.25, -0.2) is 4.98 Å². The molecule has 0 spiro atoms. The third kappa shape index (κ3) is 7.18. The fourth-order valence-electron chi connectivity index (χ4n) is 5.11. The third-order valence-corrected chi connectivity index (χ3v) is 7.53. The number of ether oxygens (including phenoxy) is 1.